The highest BCUT2D eigenvalue weighted by Gasteiger charge is 2.10. The summed E-state index contributed by atoms with van der Waals surface area (Å²) in [5, 5.41) is 12.9. The van der Waals surface area contributed by atoms with Crippen molar-refractivity contribution >= 4 is 0 Å². The minimum atomic E-state index is -0.307. The lowest BCUT2D eigenvalue weighted by Gasteiger charge is -2.10. The third-order valence-electron chi connectivity index (χ3n) is 2.59. The van der Waals surface area contributed by atoms with E-state index in [9.17, 15) is 4.79 Å². The van der Waals surface area contributed by atoms with Crippen molar-refractivity contribution in [2.75, 3.05) is 0 Å². The summed E-state index contributed by atoms with van der Waals surface area (Å²) in [6, 6.07) is 5.24. The van der Waals surface area contributed by atoms with Crippen LogP contribution in [0.25, 0.3) is 0 Å². The molecule has 2 heterocycles. The highest BCUT2D eigenvalue weighted by atomic mass is 16.1. The van der Waals surface area contributed by atoms with Crippen molar-refractivity contribution in [1.29, 1.82) is 5.26 Å². The van der Waals surface area contributed by atoms with Gasteiger partial charge in [-0.15, -0.1) is 0 Å². The molecule has 6 heteroatoms. The molecule has 0 amide bonds. The molecule has 0 N–H and O–H groups in total. The number of nitriles is 1. The fourth-order valence-corrected chi connectivity index (χ4v) is 1.72. The normalized spacial score (nSPS) is 10.6. The smallest absolute Gasteiger partial charge is 0.268 e. The summed E-state index contributed by atoms with van der Waals surface area (Å²) in [7, 11) is 0. The zero-order valence-electron chi connectivity index (χ0n) is 10.2. The summed E-state index contributed by atoms with van der Waals surface area (Å²) in [6.45, 7) is 4.30. The van der Waals surface area contributed by atoms with Gasteiger partial charge in [0.1, 0.15) is 23.8 Å². The van der Waals surface area contributed by atoms with Crippen molar-refractivity contribution in [1.82, 2.24) is 19.3 Å². The van der Waals surface area contributed by atoms with Gasteiger partial charge in [0.25, 0.3) is 5.56 Å². The predicted molar refractivity (Wildman–Crippen MR) is 64.9 cm³/mol. The van der Waals surface area contributed by atoms with Crippen LogP contribution in [-0.4, -0.2) is 19.3 Å². The summed E-state index contributed by atoms with van der Waals surface area (Å²) in [5.74, 6) is 0.696. The maximum absolute atomic E-state index is 11.9. The molecule has 0 radical (unpaired) electrons. The maximum atomic E-state index is 11.9. The lowest BCUT2D eigenvalue weighted by molar-refractivity contribution is 0.494. The fourth-order valence-electron chi connectivity index (χ4n) is 1.72. The number of hydrogen-bond donors (Lipinski definition) is 0. The van der Waals surface area contributed by atoms with Crippen molar-refractivity contribution in [2.24, 2.45) is 0 Å². The lowest BCUT2D eigenvalue weighted by Crippen LogP contribution is -2.24. The molecule has 2 rings (SSSR count). The molecule has 0 bridgehead atoms. The average molecular weight is 243 g/mol. The number of pyridine rings is 1. The number of nitrogens with zero attached hydrogens (tertiary/aromatic N) is 5. The standard InChI is InChI=1S/C12H13N5O/c1-9(2)17-11(14-8-15-17)7-16-5-3-4-10(6-13)12(16)18/h3-5,8-9H,7H2,1-2H3. The first kappa shape index (κ1) is 12.0. The molecule has 92 valence electrons. The van der Waals surface area contributed by atoms with Gasteiger partial charge >= 0.3 is 0 Å². The van der Waals surface area contributed by atoms with Crippen molar-refractivity contribution in [3.8, 4) is 6.07 Å². The monoisotopic (exact) mass is 243 g/mol. The minimum Gasteiger partial charge on any atom is -0.307 e. The molecule has 2 aromatic heterocycles. The zero-order chi connectivity index (χ0) is 13.1. The number of aromatic nitrogens is 4. The van der Waals surface area contributed by atoms with E-state index in [1.165, 1.54) is 17.0 Å². The van der Waals surface area contributed by atoms with E-state index in [1.807, 2.05) is 19.9 Å². The quantitative estimate of drug-likeness (QED) is 0.803. The Labute approximate surface area is 104 Å². The summed E-state index contributed by atoms with van der Waals surface area (Å²) in [4.78, 5) is 16.0. The van der Waals surface area contributed by atoms with E-state index in [0.717, 1.165) is 0 Å². The SMILES string of the molecule is CC(C)n1ncnc1Cn1cccc(C#N)c1=O. The molecule has 0 aliphatic rings. The van der Waals surface area contributed by atoms with Gasteiger partial charge in [-0.3, -0.25) is 4.79 Å². The molecule has 0 spiro atoms. The zero-order valence-corrected chi connectivity index (χ0v) is 10.2. The summed E-state index contributed by atoms with van der Waals surface area (Å²) in [6.07, 6.45) is 3.11. The number of hydrogen-bond acceptors (Lipinski definition) is 4. The first-order valence-corrected chi connectivity index (χ1v) is 5.61. The van der Waals surface area contributed by atoms with Gasteiger partial charge in [0, 0.05) is 12.2 Å². The highest BCUT2D eigenvalue weighted by Crippen LogP contribution is 2.06. The Morgan fingerprint density at radius 1 is 1.50 bits per heavy atom. The predicted octanol–water partition coefficient (Wildman–Crippen LogP) is 0.941. The van der Waals surface area contributed by atoms with Crippen molar-refractivity contribution in [2.45, 2.75) is 26.4 Å². The van der Waals surface area contributed by atoms with Crippen LogP contribution >= 0.6 is 0 Å². The third kappa shape index (κ3) is 2.15. The van der Waals surface area contributed by atoms with Gasteiger partial charge < -0.3 is 4.57 Å². The van der Waals surface area contributed by atoms with E-state index < -0.39 is 0 Å². The van der Waals surface area contributed by atoms with Gasteiger partial charge in [-0.05, 0) is 26.0 Å². The minimum absolute atomic E-state index is 0.133. The fraction of sp³-hybridized carbons (Fsp3) is 0.333. The molecule has 0 saturated carbocycles. The van der Waals surface area contributed by atoms with Gasteiger partial charge in [-0.1, -0.05) is 0 Å². The van der Waals surface area contributed by atoms with Gasteiger partial charge in [0.2, 0.25) is 0 Å². The number of rotatable bonds is 3. The second kappa shape index (κ2) is 4.84. The summed E-state index contributed by atoms with van der Waals surface area (Å²) < 4.78 is 3.22. The molecule has 0 fully saturated rings. The van der Waals surface area contributed by atoms with Crippen LogP contribution in [0, 0.1) is 11.3 Å². The van der Waals surface area contributed by atoms with E-state index in [0.29, 0.717) is 12.4 Å². The van der Waals surface area contributed by atoms with Crippen molar-refractivity contribution in [3.63, 3.8) is 0 Å². The van der Waals surface area contributed by atoms with Crippen LogP contribution in [0.15, 0.2) is 29.5 Å². The maximum Gasteiger partial charge on any atom is 0.268 e. The van der Waals surface area contributed by atoms with E-state index in [1.54, 1.807) is 16.9 Å². The Morgan fingerprint density at radius 3 is 2.94 bits per heavy atom. The van der Waals surface area contributed by atoms with Gasteiger partial charge in [-0.2, -0.15) is 10.4 Å². The van der Waals surface area contributed by atoms with Gasteiger partial charge in [0.15, 0.2) is 0 Å². The van der Waals surface area contributed by atoms with E-state index in [-0.39, 0.29) is 17.2 Å². The molecule has 6 nitrogen and oxygen atoms in total. The average Bonchev–Trinajstić information content (AvgIpc) is 2.80. The van der Waals surface area contributed by atoms with Crippen LogP contribution in [0.1, 0.15) is 31.3 Å². The van der Waals surface area contributed by atoms with Crippen LogP contribution in [0.2, 0.25) is 0 Å². The first-order chi connectivity index (χ1) is 8.63. The molecular formula is C12H13N5O. The Kier molecular flexibility index (Phi) is 3.24. The molecule has 2 aromatic rings. The van der Waals surface area contributed by atoms with Crippen LogP contribution in [-0.2, 0) is 6.54 Å². The topological polar surface area (TPSA) is 76.5 Å². The van der Waals surface area contributed by atoms with Crippen LogP contribution < -0.4 is 5.56 Å². The van der Waals surface area contributed by atoms with Gasteiger partial charge in [0.05, 0.1) is 6.54 Å². The van der Waals surface area contributed by atoms with Crippen molar-refractivity contribution in [3.05, 3.63) is 46.4 Å². The Balaban J connectivity index is 2.38. The lowest BCUT2D eigenvalue weighted by atomic mass is 10.3. The molecule has 0 aliphatic carbocycles. The summed E-state index contributed by atoms with van der Waals surface area (Å²) in [5.41, 5.74) is -0.175. The molecule has 0 saturated heterocycles. The van der Waals surface area contributed by atoms with Crippen LogP contribution in [0.3, 0.4) is 0 Å². The van der Waals surface area contributed by atoms with Crippen molar-refractivity contribution < 1.29 is 0 Å². The highest BCUT2D eigenvalue weighted by molar-refractivity contribution is 5.25. The second-order valence-electron chi connectivity index (χ2n) is 4.18. The van der Waals surface area contributed by atoms with Crippen LogP contribution in [0.4, 0.5) is 0 Å². The summed E-state index contributed by atoms with van der Waals surface area (Å²) >= 11 is 0. The Morgan fingerprint density at radius 2 is 2.28 bits per heavy atom. The molecule has 0 aliphatic heterocycles. The molecule has 0 unspecified atom stereocenters. The largest absolute Gasteiger partial charge is 0.307 e. The van der Waals surface area contributed by atoms with Crippen LogP contribution in [0.5, 0.6) is 0 Å². The molecule has 18 heavy (non-hydrogen) atoms. The Bertz CT molecular complexity index is 647. The molecule has 0 aromatic carbocycles. The second-order valence-corrected chi connectivity index (χ2v) is 4.18. The van der Waals surface area contributed by atoms with E-state index >= 15 is 0 Å². The third-order valence-corrected chi connectivity index (χ3v) is 2.59. The van der Waals surface area contributed by atoms with Gasteiger partial charge in [-0.25, -0.2) is 9.67 Å². The van der Waals surface area contributed by atoms with E-state index in [2.05, 4.69) is 10.1 Å². The molecular weight excluding hydrogens is 230 g/mol. The van der Waals surface area contributed by atoms with E-state index in [4.69, 9.17) is 5.26 Å². The Hall–Kier alpha value is -2.42. The first-order valence-electron chi connectivity index (χ1n) is 5.61. The molecule has 0 atom stereocenters.